The van der Waals surface area contributed by atoms with Gasteiger partial charge in [0.25, 0.3) is 0 Å². The fourth-order valence-corrected chi connectivity index (χ4v) is 8.23. The van der Waals surface area contributed by atoms with Gasteiger partial charge >= 0.3 is 11.9 Å². The summed E-state index contributed by atoms with van der Waals surface area (Å²) in [6.07, 6.45) is 77.6. The molecule has 5 heteroatoms. The number of esters is 2. The number of aliphatic hydroxyl groups is 1. The highest BCUT2D eigenvalue weighted by Crippen LogP contribution is 2.17. The maximum atomic E-state index is 12.3. The third kappa shape index (κ3) is 54.0. The Labute approximate surface area is 410 Å². The van der Waals surface area contributed by atoms with Crippen LogP contribution in [0.4, 0.5) is 0 Å². The van der Waals surface area contributed by atoms with E-state index in [2.05, 4.69) is 86.8 Å². The Balaban J connectivity index is 3.38. The summed E-state index contributed by atoms with van der Waals surface area (Å²) in [5, 5.41) is 9.62. The third-order valence-electron chi connectivity index (χ3n) is 12.5. The van der Waals surface area contributed by atoms with Gasteiger partial charge in [0, 0.05) is 12.8 Å². The van der Waals surface area contributed by atoms with Crippen molar-refractivity contribution in [3.8, 4) is 0 Å². The number of aliphatic hydroxyl groups excluding tert-OH is 1. The normalized spacial score (nSPS) is 12.7. The summed E-state index contributed by atoms with van der Waals surface area (Å²) in [5.41, 5.74) is 0. The van der Waals surface area contributed by atoms with Crippen LogP contribution in [0, 0.1) is 0 Å². The third-order valence-corrected chi connectivity index (χ3v) is 12.5. The predicted molar refractivity (Wildman–Crippen MR) is 288 cm³/mol. The smallest absolute Gasteiger partial charge is 0.306 e. The van der Waals surface area contributed by atoms with Crippen LogP contribution in [0.15, 0.2) is 72.9 Å². The number of unbranched alkanes of at least 4 members (excludes halogenated alkanes) is 32. The number of carbonyl (C=O) groups excluding carboxylic acids is 2. The van der Waals surface area contributed by atoms with Gasteiger partial charge in [0.1, 0.15) is 6.61 Å². The number of allylic oxidation sites excluding steroid dienone is 12. The van der Waals surface area contributed by atoms with Crippen LogP contribution >= 0.6 is 0 Å². The molecule has 1 atom stereocenters. The molecule has 0 aliphatic rings. The summed E-state index contributed by atoms with van der Waals surface area (Å²) in [7, 11) is 0. The van der Waals surface area contributed by atoms with Crippen molar-refractivity contribution in [2.45, 2.75) is 290 Å². The molecule has 0 saturated heterocycles. The van der Waals surface area contributed by atoms with Gasteiger partial charge in [-0.25, -0.2) is 0 Å². The zero-order valence-corrected chi connectivity index (χ0v) is 43.7. The first-order valence-corrected chi connectivity index (χ1v) is 28.5. The molecule has 0 radical (unpaired) electrons. The number of hydrogen-bond donors (Lipinski definition) is 1. The van der Waals surface area contributed by atoms with Crippen molar-refractivity contribution in [3.05, 3.63) is 72.9 Å². The van der Waals surface area contributed by atoms with Crippen LogP contribution in [-0.2, 0) is 19.1 Å². The molecule has 0 aromatic rings. The Morgan fingerprint density at radius 2 is 0.652 bits per heavy atom. The fourth-order valence-electron chi connectivity index (χ4n) is 8.23. The van der Waals surface area contributed by atoms with Crippen molar-refractivity contribution >= 4 is 11.9 Å². The lowest BCUT2D eigenvalue weighted by atomic mass is 10.0. The van der Waals surface area contributed by atoms with Crippen molar-refractivity contribution < 1.29 is 24.2 Å². The molecule has 5 nitrogen and oxygen atoms in total. The van der Waals surface area contributed by atoms with Crippen molar-refractivity contribution in [3.63, 3.8) is 0 Å². The molecule has 0 bridgehead atoms. The van der Waals surface area contributed by atoms with E-state index in [1.165, 1.54) is 173 Å². The summed E-state index contributed by atoms with van der Waals surface area (Å²) < 4.78 is 10.7. The van der Waals surface area contributed by atoms with Crippen LogP contribution in [0.2, 0.25) is 0 Å². The van der Waals surface area contributed by atoms with Gasteiger partial charge in [-0.2, -0.15) is 0 Å². The SMILES string of the molecule is CC/C=C\C/C=C\C/C=C\C/C=C\CCCCCCCCCCCCCCCCCCCCCCCCCCCCC(=O)OC(CO)COC(=O)CCCCCCC/C=C\C/C=C\CCC. The summed E-state index contributed by atoms with van der Waals surface area (Å²) in [5.74, 6) is -0.598. The molecule has 1 unspecified atom stereocenters. The standard InChI is InChI=1S/C61H108O5/c1-3-5-7-9-11-13-15-17-18-19-20-21-22-23-24-25-26-27-28-29-30-31-32-33-34-35-36-37-38-39-40-41-42-44-46-48-50-52-54-56-61(64)66-59(57-62)58-65-60(63)55-53-51-49-47-45-43-16-14-12-10-8-6-4-2/h5,7-8,10-11,13-14,16-18,20-21,59,62H,3-4,6,9,12,15,19,22-58H2,1-2H3/b7-5-,10-8-,13-11-,16-14-,18-17-,21-20-. The zero-order valence-electron chi connectivity index (χ0n) is 43.7. The van der Waals surface area contributed by atoms with Crippen LogP contribution in [0.5, 0.6) is 0 Å². The molecule has 0 aliphatic carbocycles. The maximum absolute atomic E-state index is 12.3. The minimum Gasteiger partial charge on any atom is -0.462 e. The lowest BCUT2D eigenvalue weighted by Crippen LogP contribution is -2.28. The van der Waals surface area contributed by atoms with Crippen LogP contribution in [0.25, 0.3) is 0 Å². The molecule has 0 aromatic carbocycles. The van der Waals surface area contributed by atoms with Crippen LogP contribution in [-0.4, -0.2) is 36.4 Å². The molecule has 0 rings (SSSR count). The van der Waals surface area contributed by atoms with Gasteiger partial charge in [0.15, 0.2) is 6.10 Å². The van der Waals surface area contributed by atoms with Crippen LogP contribution < -0.4 is 0 Å². The Morgan fingerprint density at radius 1 is 0.364 bits per heavy atom. The van der Waals surface area contributed by atoms with E-state index in [4.69, 9.17) is 9.47 Å². The van der Waals surface area contributed by atoms with Gasteiger partial charge < -0.3 is 14.6 Å². The molecule has 0 fully saturated rings. The van der Waals surface area contributed by atoms with Crippen molar-refractivity contribution in [1.82, 2.24) is 0 Å². The lowest BCUT2D eigenvalue weighted by molar-refractivity contribution is -0.161. The number of hydrogen-bond acceptors (Lipinski definition) is 5. The molecule has 0 heterocycles. The maximum Gasteiger partial charge on any atom is 0.306 e. The van der Waals surface area contributed by atoms with Gasteiger partial charge in [0.2, 0.25) is 0 Å². The second kappa shape index (κ2) is 56.7. The molecule has 0 amide bonds. The summed E-state index contributed by atoms with van der Waals surface area (Å²) in [4.78, 5) is 24.4. The van der Waals surface area contributed by atoms with E-state index >= 15 is 0 Å². The minimum atomic E-state index is -0.777. The van der Waals surface area contributed by atoms with Crippen molar-refractivity contribution in [2.24, 2.45) is 0 Å². The van der Waals surface area contributed by atoms with Crippen molar-refractivity contribution in [2.75, 3.05) is 13.2 Å². The molecule has 1 N–H and O–H groups in total. The van der Waals surface area contributed by atoms with Gasteiger partial charge in [-0.3, -0.25) is 9.59 Å². The lowest BCUT2D eigenvalue weighted by Gasteiger charge is -2.15. The van der Waals surface area contributed by atoms with E-state index in [9.17, 15) is 14.7 Å². The number of rotatable bonds is 52. The average molecular weight is 922 g/mol. The van der Waals surface area contributed by atoms with Crippen LogP contribution in [0.1, 0.15) is 284 Å². The van der Waals surface area contributed by atoms with E-state index < -0.39 is 6.10 Å². The molecule has 0 aliphatic heterocycles. The second-order valence-corrected chi connectivity index (χ2v) is 19.0. The Hall–Kier alpha value is -2.66. The number of carbonyl (C=O) groups is 2. The van der Waals surface area contributed by atoms with E-state index in [1.54, 1.807) is 0 Å². The first-order valence-electron chi connectivity index (χ1n) is 28.5. The summed E-state index contributed by atoms with van der Waals surface area (Å²) in [6, 6.07) is 0. The molecular weight excluding hydrogens is 813 g/mol. The topological polar surface area (TPSA) is 72.8 Å². The van der Waals surface area contributed by atoms with E-state index in [0.29, 0.717) is 12.8 Å². The molecule has 0 spiro atoms. The largest absolute Gasteiger partial charge is 0.462 e. The molecular formula is C61H108O5. The quantitative estimate of drug-likeness (QED) is 0.0374. The van der Waals surface area contributed by atoms with Gasteiger partial charge in [-0.15, -0.1) is 0 Å². The monoisotopic (exact) mass is 921 g/mol. The Kier molecular flexibility index (Phi) is 54.4. The fraction of sp³-hybridized carbons (Fsp3) is 0.770. The highest BCUT2D eigenvalue weighted by molar-refractivity contribution is 5.70. The molecule has 66 heavy (non-hydrogen) atoms. The highest BCUT2D eigenvalue weighted by atomic mass is 16.6. The molecule has 0 aromatic heterocycles. The Morgan fingerprint density at radius 3 is 0.985 bits per heavy atom. The van der Waals surface area contributed by atoms with Gasteiger partial charge in [0.05, 0.1) is 6.61 Å². The van der Waals surface area contributed by atoms with E-state index in [1.807, 2.05) is 0 Å². The minimum absolute atomic E-state index is 0.0715. The first-order chi connectivity index (χ1) is 32.6. The van der Waals surface area contributed by atoms with Crippen molar-refractivity contribution in [1.29, 1.82) is 0 Å². The number of ether oxygens (including phenoxy) is 2. The second-order valence-electron chi connectivity index (χ2n) is 19.0. The van der Waals surface area contributed by atoms with Gasteiger partial charge in [-0.05, 0) is 77.0 Å². The summed E-state index contributed by atoms with van der Waals surface area (Å²) >= 11 is 0. The van der Waals surface area contributed by atoms with E-state index in [0.717, 1.165) is 83.5 Å². The highest BCUT2D eigenvalue weighted by Gasteiger charge is 2.16. The average Bonchev–Trinajstić information content (AvgIpc) is 3.32. The van der Waals surface area contributed by atoms with Crippen LogP contribution in [0.3, 0.4) is 0 Å². The Bertz CT molecular complexity index is 1180. The predicted octanol–water partition coefficient (Wildman–Crippen LogP) is 19.2. The summed E-state index contributed by atoms with van der Waals surface area (Å²) in [6.45, 7) is 3.97. The molecule has 382 valence electrons. The van der Waals surface area contributed by atoms with E-state index in [-0.39, 0.29) is 25.2 Å². The zero-order chi connectivity index (χ0) is 47.7. The molecule has 0 saturated carbocycles. The van der Waals surface area contributed by atoms with Gasteiger partial charge in [-0.1, -0.05) is 267 Å². The first kappa shape index (κ1) is 63.3.